The summed E-state index contributed by atoms with van der Waals surface area (Å²) in [6, 6.07) is 14.3. The van der Waals surface area contributed by atoms with Crippen molar-refractivity contribution in [2.24, 2.45) is 0 Å². The Morgan fingerprint density at radius 3 is 2.63 bits per heavy atom. The van der Waals surface area contributed by atoms with Crippen LogP contribution in [0.2, 0.25) is 5.02 Å². The van der Waals surface area contributed by atoms with Gasteiger partial charge in [0.05, 0.1) is 5.52 Å². The molecule has 150 valence electrons. The number of anilines is 3. The standard InChI is InChI=1S/C22H19ClN6O/c23-13-3-1-4-15(11-13)28-22(30)27-14-7-9-16(10-8-14)29-18-6-2-5-17(18)19-20(29)21(24)26-12-25-19/h1,3-4,7-12H,2,5-6H2,(H2,24,25,26)(H2,27,28,30). The first kappa shape index (κ1) is 18.4. The van der Waals surface area contributed by atoms with Gasteiger partial charge in [0.25, 0.3) is 0 Å². The van der Waals surface area contributed by atoms with E-state index in [4.69, 9.17) is 17.3 Å². The molecule has 4 N–H and O–H groups in total. The lowest BCUT2D eigenvalue weighted by molar-refractivity contribution is 0.262. The summed E-state index contributed by atoms with van der Waals surface area (Å²) in [5, 5.41) is 6.16. The van der Waals surface area contributed by atoms with Crippen LogP contribution in [0.25, 0.3) is 16.7 Å². The molecular formula is C22H19ClN6O. The Hall–Kier alpha value is -3.58. The SMILES string of the molecule is Nc1ncnc2c3c(n(-c4ccc(NC(=O)Nc5cccc(Cl)c5)cc4)c12)CCC3. The highest BCUT2D eigenvalue weighted by molar-refractivity contribution is 6.30. The summed E-state index contributed by atoms with van der Waals surface area (Å²) in [5.41, 5.74) is 12.7. The molecule has 0 radical (unpaired) electrons. The summed E-state index contributed by atoms with van der Waals surface area (Å²) in [4.78, 5) is 20.9. The lowest BCUT2D eigenvalue weighted by Crippen LogP contribution is -2.19. The van der Waals surface area contributed by atoms with Gasteiger partial charge in [-0.2, -0.15) is 0 Å². The van der Waals surface area contributed by atoms with Crippen LogP contribution in [0, 0.1) is 0 Å². The van der Waals surface area contributed by atoms with Crippen LogP contribution < -0.4 is 16.4 Å². The summed E-state index contributed by atoms with van der Waals surface area (Å²) in [6.07, 6.45) is 4.60. The molecule has 0 atom stereocenters. The minimum absolute atomic E-state index is 0.338. The van der Waals surface area contributed by atoms with Crippen molar-refractivity contribution in [1.29, 1.82) is 0 Å². The monoisotopic (exact) mass is 418 g/mol. The van der Waals surface area contributed by atoms with E-state index in [-0.39, 0.29) is 6.03 Å². The second kappa shape index (κ2) is 7.35. The maximum atomic E-state index is 12.3. The fourth-order valence-electron chi connectivity index (χ4n) is 4.04. The van der Waals surface area contributed by atoms with E-state index >= 15 is 0 Å². The zero-order valence-corrected chi connectivity index (χ0v) is 16.8. The van der Waals surface area contributed by atoms with Crippen LogP contribution in [0.3, 0.4) is 0 Å². The number of fused-ring (bicyclic) bond motifs is 3. The summed E-state index contributed by atoms with van der Waals surface area (Å²) in [7, 11) is 0. The second-order valence-electron chi connectivity index (χ2n) is 7.21. The number of nitrogens with zero attached hydrogens (tertiary/aromatic N) is 3. The lowest BCUT2D eigenvalue weighted by Gasteiger charge is -2.12. The van der Waals surface area contributed by atoms with Crippen LogP contribution >= 0.6 is 11.6 Å². The van der Waals surface area contributed by atoms with Gasteiger partial charge in [0.1, 0.15) is 11.8 Å². The van der Waals surface area contributed by atoms with E-state index < -0.39 is 0 Å². The molecule has 2 aromatic heterocycles. The number of rotatable bonds is 3. The number of urea groups is 1. The molecule has 2 amide bonds. The topological polar surface area (TPSA) is 97.9 Å². The molecule has 8 heteroatoms. The number of hydrogen-bond acceptors (Lipinski definition) is 4. The predicted octanol–water partition coefficient (Wildman–Crippen LogP) is 4.79. The second-order valence-corrected chi connectivity index (χ2v) is 7.64. The van der Waals surface area contributed by atoms with E-state index in [9.17, 15) is 4.79 Å². The first-order chi connectivity index (χ1) is 14.6. The van der Waals surface area contributed by atoms with Crippen molar-refractivity contribution >= 4 is 45.9 Å². The van der Waals surface area contributed by atoms with Crippen molar-refractivity contribution in [2.75, 3.05) is 16.4 Å². The smallest absolute Gasteiger partial charge is 0.323 e. The molecule has 7 nitrogen and oxygen atoms in total. The maximum absolute atomic E-state index is 12.3. The number of nitrogens with two attached hydrogens (primary N) is 1. The van der Waals surface area contributed by atoms with Gasteiger partial charge >= 0.3 is 6.03 Å². The number of amides is 2. The molecule has 4 aromatic rings. The van der Waals surface area contributed by atoms with Crippen LogP contribution in [-0.2, 0) is 12.8 Å². The Bertz CT molecular complexity index is 1260. The average Bonchev–Trinajstić information content (AvgIpc) is 3.30. The zero-order chi connectivity index (χ0) is 20.7. The molecule has 0 spiro atoms. The van der Waals surface area contributed by atoms with Crippen molar-refractivity contribution in [3.05, 3.63) is 71.1 Å². The Balaban J connectivity index is 1.42. The van der Waals surface area contributed by atoms with Gasteiger partial charge in [-0.25, -0.2) is 14.8 Å². The molecule has 0 bridgehead atoms. The Morgan fingerprint density at radius 1 is 1.03 bits per heavy atom. The van der Waals surface area contributed by atoms with Gasteiger partial charge in [0.15, 0.2) is 5.82 Å². The van der Waals surface area contributed by atoms with Crippen molar-refractivity contribution in [3.63, 3.8) is 0 Å². The van der Waals surface area contributed by atoms with Crippen molar-refractivity contribution in [1.82, 2.24) is 14.5 Å². The number of hydrogen-bond donors (Lipinski definition) is 3. The van der Waals surface area contributed by atoms with Crippen molar-refractivity contribution in [3.8, 4) is 5.69 Å². The van der Waals surface area contributed by atoms with Crippen LogP contribution in [0.4, 0.5) is 22.0 Å². The summed E-state index contributed by atoms with van der Waals surface area (Å²) >= 11 is 5.96. The molecule has 0 saturated carbocycles. The number of halogens is 1. The van der Waals surface area contributed by atoms with Gasteiger partial charge in [-0.15, -0.1) is 0 Å². The Morgan fingerprint density at radius 2 is 1.83 bits per heavy atom. The molecule has 30 heavy (non-hydrogen) atoms. The molecule has 5 rings (SSSR count). The number of nitrogen functional groups attached to an aromatic ring is 1. The Kier molecular flexibility index (Phi) is 4.52. The molecule has 1 aliphatic rings. The highest BCUT2D eigenvalue weighted by Crippen LogP contribution is 2.36. The summed E-state index contributed by atoms with van der Waals surface area (Å²) < 4.78 is 2.14. The molecule has 0 saturated heterocycles. The number of carbonyl (C=O) groups excluding carboxylic acids is 1. The van der Waals surface area contributed by atoms with Gasteiger partial charge < -0.3 is 20.9 Å². The van der Waals surface area contributed by atoms with E-state index in [1.165, 1.54) is 17.6 Å². The van der Waals surface area contributed by atoms with E-state index in [0.29, 0.717) is 22.2 Å². The normalized spacial score (nSPS) is 12.7. The molecule has 2 heterocycles. The van der Waals surface area contributed by atoms with Gasteiger partial charge in [0, 0.05) is 27.8 Å². The molecule has 0 aliphatic heterocycles. The Labute approximate surface area is 177 Å². The quantitative estimate of drug-likeness (QED) is 0.445. The predicted molar refractivity (Wildman–Crippen MR) is 119 cm³/mol. The molecular weight excluding hydrogens is 400 g/mol. The average molecular weight is 419 g/mol. The van der Waals surface area contributed by atoms with Crippen LogP contribution in [-0.4, -0.2) is 20.6 Å². The van der Waals surface area contributed by atoms with Gasteiger partial charge in [-0.1, -0.05) is 17.7 Å². The number of benzene rings is 2. The van der Waals surface area contributed by atoms with Gasteiger partial charge in [-0.05, 0) is 67.3 Å². The lowest BCUT2D eigenvalue weighted by atomic mass is 10.2. The molecule has 0 unspecified atom stereocenters. The summed E-state index contributed by atoms with van der Waals surface area (Å²) in [5.74, 6) is 0.470. The van der Waals surface area contributed by atoms with Gasteiger partial charge in [0.2, 0.25) is 0 Å². The number of carbonyl (C=O) groups is 1. The minimum atomic E-state index is -0.338. The molecule has 2 aromatic carbocycles. The first-order valence-electron chi connectivity index (χ1n) is 9.67. The number of aryl methyl sites for hydroxylation is 1. The number of nitrogens with one attached hydrogen (secondary N) is 2. The molecule has 1 aliphatic carbocycles. The van der Waals surface area contributed by atoms with Crippen molar-refractivity contribution < 1.29 is 4.79 Å². The third kappa shape index (κ3) is 3.23. The highest BCUT2D eigenvalue weighted by Gasteiger charge is 2.25. The number of aromatic nitrogens is 3. The van der Waals surface area contributed by atoms with Crippen LogP contribution in [0.5, 0.6) is 0 Å². The van der Waals surface area contributed by atoms with E-state index in [0.717, 1.165) is 36.0 Å². The van der Waals surface area contributed by atoms with Crippen LogP contribution in [0.15, 0.2) is 54.9 Å². The maximum Gasteiger partial charge on any atom is 0.323 e. The third-order valence-electron chi connectivity index (χ3n) is 5.28. The van der Waals surface area contributed by atoms with Crippen molar-refractivity contribution in [2.45, 2.75) is 19.3 Å². The molecule has 0 fully saturated rings. The van der Waals surface area contributed by atoms with E-state index in [2.05, 4.69) is 25.2 Å². The van der Waals surface area contributed by atoms with E-state index in [1.54, 1.807) is 24.3 Å². The summed E-state index contributed by atoms with van der Waals surface area (Å²) in [6.45, 7) is 0. The van der Waals surface area contributed by atoms with E-state index in [1.807, 2.05) is 24.3 Å². The highest BCUT2D eigenvalue weighted by atomic mass is 35.5. The largest absolute Gasteiger partial charge is 0.382 e. The minimum Gasteiger partial charge on any atom is -0.382 e. The zero-order valence-electron chi connectivity index (χ0n) is 16.0. The first-order valence-corrected chi connectivity index (χ1v) is 10.0. The third-order valence-corrected chi connectivity index (χ3v) is 5.52. The fraction of sp³-hybridized carbons (Fsp3) is 0.136. The fourth-order valence-corrected chi connectivity index (χ4v) is 4.23. The van der Waals surface area contributed by atoms with Crippen LogP contribution in [0.1, 0.15) is 17.7 Å². The van der Waals surface area contributed by atoms with Gasteiger partial charge in [-0.3, -0.25) is 0 Å².